The first-order chi connectivity index (χ1) is 9.94. The van der Waals surface area contributed by atoms with Crippen molar-refractivity contribution < 1.29 is 4.74 Å². The van der Waals surface area contributed by atoms with Crippen LogP contribution in [0, 0.1) is 5.92 Å². The molecule has 0 aliphatic heterocycles. The second kappa shape index (κ2) is 7.42. The summed E-state index contributed by atoms with van der Waals surface area (Å²) in [5.41, 5.74) is 2.83. The molecule has 118 valence electrons. The van der Waals surface area contributed by atoms with Crippen LogP contribution in [0.25, 0.3) is 0 Å². The molecule has 1 N–H and O–H groups in total. The van der Waals surface area contributed by atoms with Crippen molar-refractivity contribution in [1.29, 1.82) is 0 Å². The van der Waals surface area contributed by atoms with Crippen LogP contribution in [0.1, 0.15) is 64.5 Å². The van der Waals surface area contributed by atoms with E-state index in [-0.39, 0.29) is 5.54 Å². The van der Waals surface area contributed by atoms with Gasteiger partial charge in [-0.3, -0.25) is 0 Å². The van der Waals surface area contributed by atoms with Crippen LogP contribution in [0.3, 0.4) is 0 Å². The lowest BCUT2D eigenvalue weighted by molar-refractivity contribution is 0.00842. The summed E-state index contributed by atoms with van der Waals surface area (Å²) in [4.78, 5) is 0. The van der Waals surface area contributed by atoms with Gasteiger partial charge in [-0.1, -0.05) is 31.2 Å². The quantitative estimate of drug-likeness (QED) is 0.850. The standard InChI is InChI=1S/C19H31NO/c1-15-9-11-18(12-10-15)21-14-17-8-6-5-7-16(17)13-20-19(2,3)4/h5-8,15,18,20H,9-14H2,1-4H3. The molecule has 0 amide bonds. The van der Waals surface area contributed by atoms with Crippen LogP contribution in [-0.2, 0) is 17.9 Å². The molecule has 1 aromatic rings. The predicted molar refractivity (Wildman–Crippen MR) is 89.2 cm³/mol. The molecule has 0 aromatic heterocycles. The first-order valence-corrected chi connectivity index (χ1v) is 8.37. The van der Waals surface area contributed by atoms with Gasteiger partial charge in [0.1, 0.15) is 0 Å². The van der Waals surface area contributed by atoms with Crippen LogP contribution in [-0.4, -0.2) is 11.6 Å². The van der Waals surface area contributed by atoms with Crippen molar-refractivity contribution >= 4 is 0 Å². The molecule has 1 aromatic carbocycles. The van der Waals surface area contributed by atoms with Gasteiger partial charge in [0.15, 0.2) is 0 Å². The number of benzene rings is 1. The fraction of sp³-hybridized carbons (Fsp3) is 0.684. The Morgan fingerprint density at radius 3 is 2.29 bits per heavy atom. The van der Waals surface area contributed by atoms with Crippen LogP contribution in [0.4, 0.5) is 0 Å². The van der Waals surface area contributed by atoms with Gasteiger partial charge in [-0.25, -0.2) is 0 Å². The number of hydrogen-bond donors (Lipinski definition) is 1. The normalized spacial score (nSPS) is 23.2. The van der Waals surface area contributed by atoms with Crippen LogP contribution in [0.5, 0.6) is 0 Å². The van der Waals surface area contributed by atoms with E-state index < -0.39 is 0 Å². The summed E-state index contributed by atoms with van der Waals surface area (Å²) in [5, 5.41) is 3.57. The topological polar surface area (TPSA) is 21.3 Å². The maximum absolute atomic E-state index is 6.16. The molecule has 0 heterocycles. The largest absolute Gasteiger partial charge is 0.374 e. The van der Waals surface area contributed by atoms with E-state index in [2.05, 4.69) is 57.3 Å². The number of ether oxygens (including phenoxy) is 1. The minimum atomic E-state index is 0.146. The summed E-state index contributed by atoms with van der Waals surface area (Å²) in [6.07, 6.45) is 5.55. The first-order valence-electron chi connectivity index (χ1n) is 8.37. The zero-order chi connectivity index (χ0) is 15.3. The Bertz CT molecular complexity index is 427. The Labute approximate surface area is 130 Å². The highest BCUT2D eigenvalue weighted by Crippen LogP contribution is 2.26. The lowest BCUT2D eigenvalue weighted by Gasteiger charge is -2.27. The molecule has 0 unspecified atom stereocenters. The number of hydrogen-bond acceptors (Lipinski definition) is 2. The Balaban J connectivity index is 1.87. The van der Waals surface area contributed by atoms with Gasteiger partial charge in [-0.05, 0) is 63.5 Å². The minimum Gasteiger partial charge on any atom is -0.374 e. The molecule has 1 fully saturated rings. The van der Waals surface area contributed by atoms with E-state index in [0.29, 0.717) is 6.10 Å². The van der Waals surface area contributed by atoms with E-state index in [1.165, 1.54) is 36.8 Å². The van der Waals surface area contributed by atoms with E-state index in [4.69, 9.17) is 4.74 Å². The monoisotopic (exact) mass is 289 g/mol. The number of rotatable bonds is 5. The Morgan fingerprint density at radius 2 is 1.67 bits per heavy atom. The molecule has 0 bridgehead atoms. The van der Waals surface area contributed by atoms with Crippen molar-refractivity contribution in [2.75, 3.05) is 0 Å². The average Bonchev–Trinajstić information content (AvgIpc) is 2.44. The molecule has 2 nitrogen and oxygen atoms in total. The minimum absolute atomic E-state index is 0.146. The summed E-state index contributed by atoms with van der Waals surface area (Å²) >= 11 is 0. The van der Waals surface area contributed by atoms with E-state index >= 15 is 0 Å². The Hall–Kier alpha value is -0.860. The third-order valence-electron chi connectivity index (χ3n) is 4.36. The van der Waals surface area contributed by atoms with E-state index in [1.54, 1.807) is 0 Å². The van der Waals surface area contributed by atoms with Gasteiger partial charge in [0.05, 0.1) is 12.7 Å². The highest BCUT2D eigenvalue weighted by Gasteiger charge is 2.19. The van der Waals surface area contributed by atoms with Gasteiger partial charge in [0, 0.05) is 12.1 Å². The summed E-state index contributed by atoms with van der Waals surface area (Å²) in [6, 6.07) is 8.64. The third-order valence-corrected chi connectivity index (χ3v) is 4.36. The smallest absolute Gasteiger partial charge is 0.0723 e. The highest BCUT2D eigenvalue weighted by atomic mass is 16.5. The van der Waals surface area contributed by atoms with E-state index in [1.807, 2.05) is 0 Å². The summed E-state index contributed by atoms with van der Waals surface area (Å²) in [6.45, 7) is 10.6. The molecule has 2 rings (SSSR count). The van der Waals surface area contributed by atoms with Crippen LogP contribution < -0.4 is 5.32 Å². The molecule has 21 heavy (non-hydrogen) atoms. The van der Waals surface area contributed by atoms with Crippen molar-refractivity contribution in [3.05, 3.63) is 35.4 Å². The zero-order valence-electron chi connectivity index (χ0n) is 14.1. The second-order valence-electron chi connectivity index (χ2n) is 7.57. The molecule has 1 aliphatic rings. The average molecular weight is 289 g/mol. The SMILES string of the molecule is CC1CCC(OCc2ccccc2CNC(C)(C)C)CC1. The van der Waals surface area contributed by atoms with Gasteiger partial charge in [-0.15, -0.1) is 0 Å². The van der Waals surface area contributed by atoms with Crippen molar-refractivity contribution in [1.82, 2.24) is 5.32 Å². The van der Waals surface area contributed by atoms with Crippen molar-refractivity contribution in [3.8, 4) is 0 Å². The van der Waals surface area contributed by atoms with Crippen LogP contribution >= 0.6 is 0 Å². The van der Waals surface area contributed by atoms with Crippen molar-refractivity contribution in [2.45, 2.75) is 78.2 Å². The van der Waals surface area contributed by atoms with Crippen molar-refractivity contribution in [2.24, 2.45) is 5.92 Å². The van der Waals surface area contributed by atoms with Gasteiger partial charge < -0.3 is 10.1 Å². The lowest BCUT2D eigenvalue weighted by Crippen LogP contribution is -2.35. The fourth-order valence-electron chi connectivity index (χ4n) is 2.83. The van der Waals surface area contributed by atoms with Gasteiger partial charge >= 0.3 is 0 Å². The Morgan fingerprint density at radius 1 is 1.05 bits per heavy atom. The predicted octanol–water partition coefficient (Wildman–Crippen LogP) is 4.67. The van der Waals surface area contributed by atoms with Crippen molar-refractivity contribution in [3.63, 3.8) is 0 Å². The maximum Gasteiger partial charge on any atom is 0.0723 e. The molecular formula is C19H31NO. The molecular weight excluding hydrogens is 258 g/mol. The molecule has 0 radical (unpaired) electrons. The third kappa shape index (κ3) is 5.80. The molecule has 2 heteroatoms. The summed E-state index contributed by atoms with van der Waals surface area (Å²) in [7, 11) is 0. The molecule has 1 aliphatic carbocycles. The van der Waals surface area contributed by atoms with E-state index in [0.717, 1.165) is 19.1 Å². The molecule has 0 spiro atoms. The molecule has 1 saturated carbocycles. The van der Waals surface area contributed by atoms with Gasteiger partial charge in [0.25, 0.3) is 0 Å². The summed E-state index contributed by atoms with van der Waals surface area (Å²) in [5.74, 6) is 0.883. The fourth-order valence-corrected chi connectivity index (χ4v) is 2.83. The second-order valence-corrected chi connectivity index (χ2v) is 7.57. The summed E-state index contributed by atoms with van der Waals surface area (Å²) < 4.78 is 6.16. The Kier molecular flexibility index (Phi) is 5.83. The van der Waals surface area contributed by atoms with E-state index in [9.17, 15) is 0 Å². The lowest BCUT2D eigenvalue weighted by atomic mass is 9.89. The first kappa shape index (κ1) is 16.5. The maximum atomic E-state index is 6.16. The molecule has 0 saturated heterocycles. The number of nitrogens with one attached hydrogen (secondary N) is 1. The van der Waals surface area contributed by atoms with Gasteiger partial charge in [-0.2, -0.15) is 0 Å². The van der Waals surface area contributed by atoms with Crippen LogP contribution in [0.2, 0.25) is 0 Å². The zero-order valence-corrected chi connectivity index (χ0v) is 14.1. The van der Waals surface area contributed by atoms with Gasteiger partial charge in [0.2, 0.25) is 0 Å². The van der Waals surface area contributed by atoms with Crippen LogP contribution in [0.15, 0.2) is 24.3 Å². The highest BCUT2D eigenvalue weighted by molar-refractivity contribution is 5.26. The molecule has 0 atom stereocenters.